The summed E-state index contributed by atoms with van der Waals surface area (Å²) in [6.45, 7) is 1.69. The summed E-state index contributed by atoms with van der Waals surface area (Å²) >= 11 is 4.02. The molecule has 0 N–H and O–H groups in total. The number of ether oxygens (including phenoxy) is 2. The van der Waals surface area contributed by atoms with Crippen molar-refractivity contribution in [2.24, 2.45) is 0 Å². The van der Waals surface area contributed by atoms with E-state index in [0.29, 0.717) is 26.2 Å². The van der Waals surface area contributed by atoms with E-state index in [4.69, 9.17) is 9.47 Å². The molecule has 0 aromatic rings. The van der Waals surface area contributed by atoms with Crippen LogP contribution in [0.3, 0.4) is 0 Å². The number of carbonyl (C=O) groups excluding carboxylic acids is 3. The Bertz CT molecular complexity index is 310. The molecule has 0 aliphatic carbocycles. The fourth-order valence-corrected chi connectivity index (χ4v) is 1.81. The molecule has 1 unspecified atom stereocenters. The van der Waals surface area contributed by atoms with E-state index in [1.54, 1.807) is 0 Å². The molecular formula is C11H17NO5S. The van der Waals surface area contributed by atoms with Crippen LogP contribution in [0.2, 0.25) is 0 Å². The Balaban J connectivity index is 2.02. The van der Waals surface area contributed by atoms with Crippen LogP contribution in [0, 0.1) is 0 Å². The van der Waals surface area contributed by atoms with Crippen LogP contribution in [0.15, 0.2) is 0 Å². The predicted octanol–water partition coefficient (Wildman–Crippen LogP) is -0.334. The van der Waals surface area contributed by atoms with Crippen LogP contribution >= 0.6 is 12.6 Å². The molecule has 1 aliphatic heterocycles. The monoisotopic (exact) mass is 275 g/mol. The van der Waals surface area contributed by atoms with Crippen molar-refractivity contribution in [1.29, 1.82) is 0 Å². The molecule has 1 atom stereocenters. The maximum atomic E-state index is 11.5. The van der Waals surface area contributed by atoms with Gasteiger partial charge in [0.1, 0.15) is 6.29 Å². The van der Waals surface area contributed by atoms with Crippen LogP contribution in [-0.4, -0.2) is 61.2 Å². The second-order valence-corrected chi connectivity index (χ2v) is 4.41. The first kappa shape index (κ1) is 15.1. The Morgan fingerprint density at radius 2 is 1.89 bits per heavy atom. The number of aldehydes is 1. The molecule has 0 aromatic carbocycles. The average Bonchev–Trinajstić information content (AvgIpc) is 2.58. The second-order valence-electron chi connectivity index (χ2n) is 3.78. The van der Waals surface area contributed by atoms with Gasteiger partial charge in [0.15, 0.2) is 0 Å². The number of thiol groups is 1. The molecule has 1 rings (SSSR count). The van der Waals surface area contributed by atoms with E-state index in [1.165, 1.54) is 4.90 Å². The van der Waals surface area contributed by atoms with E-state index in [-0.39, 0.29) is 31.4 Å². The highest BCUT2D eigenvalue weighted by molar-refractivity contribution is 7.81. The molecule has 2 amide bonds. The van der Waals surface area contributed by atoms with Crippen molar-refractivity contribution >= 4 is 30.7 Å². The van der Waals surface area contributed by atoms with Crippen LogP contribution < -0.4 is 0 Å². The van der Waals surface area contributed by atoms with Crippen LogP contribution in [0.1, 0.15) is 12.8 Å². The molecule has 0 radical (unpaired) electrons. The van der Waals surface area contributed by atoms with Crippen LogP contribution in [-0.2, 0) is 23.9 Å². The maximum Gasteiger partial charge on any atom is 0.242 e. The van der Waals surface area contributed by atoms with Crippen LogP contribution in [0.5, 0.6) is 0 Å². The molecular weight excluding hydrogens is 258 g/mol. The van der Waals surface area contributed by atoms with Gasteiger partial charge in [0.2, 0.25) is 11.8 Å². The quantitative estimate of drug-likeness (QED) is 0.270. The smallest absolute Gasteiger partial charge is 0.242 e. The van der Waals surface area contributed by atoms with Gasteiger partial charge in [-0.3, -0.25) is 14.5 Å². The maximum absolute atomic E-state index is 11.5. The first-order chi connectivity index (χ1) is 8.66. The normalized spacial score (nSPS) is 19.6. The Labute approximate surface area is 111 Å². The minimum absolute atomic E-state index is 0.163. The third kappa shape index (κ3) is 4.75. The first-order valence-electron chi connectivity index (χ1n) is 5.78. The number of nitrogens with zero attached hydrogens (tertiary/aromatic N) is 1. The van der Waals surface area contributed by atoms with Crippen molar-refractivity contribution in [3.63, 3.8) is 0 Å². The minimum atomic E-state index is -0.510. The lowest BCUT2D eigenvalue weighted by Gasteiger charge is -2.13. The summed E-state index contributed by atoms with van der Waals surface area (Å²) in [5.74, 6) is -0.458. The fraction of sp³-hybridized carbons (Fsp3) is 0.727. The van der Waals surface area contributed by atoms with E-state index >= 15 is 0 Å². The number of likely N-dealkylation sites (tertiary alicyclic amines) is 1. The fourth-order valence-electron chi connectivity index (χ4n) is 1.51. The first-order valence-corrected chi connectivity index (χ1v) is 6.30. The van der Waals surface area contributed by atoms with Gasteiger partial charge >= 0.3 is 0 Å². The molecule has 7 heteroatoms. The number of hydrogen-bond donors (Lipinski definition) is 1. The lowest BCUT2D eigenvalue weighted by molar-refractivity contribution is -0.139. The van der Waals surface area contributed by atoms with E-state index in [1.807, 2.05) is 0 Å². The topological polar surface area (TPSA) is 72.9 Å². The predicted molar refractivity (Wildman–Crippen MR) is 66.4 cm³/mol. The SMILES string of the molecule is O=CCCOCCOCCN1C(=O)CC(S)C1=O. The molecule has 0 saturated carbocycles. The van der Waals surface area contributed by atoms with E-state index in [9.17, 15) is 14.4 Å². The third-order valence-corrected chi connectivity index (χ3v) is 2.83. The van der Waals surface area contributed by atoms with Crippen molar-refractivity contribution in [3.05, 3.63) is 0 Å². The number of hydrogen-bond acceptors (Lipinski definition) is 6. The van der Waals surface area contributed by atoms with Crippen molar-refractivity contribution in [1.82, 2.24) is 4.90 Å². The lowest BCUT2D eigenvalue weighted by atomic mass is 10.4. The van der Waals surface area contributed by atoms with Crippen molar-refractivity contribution in [2.45, 2.75) is 18.1 Å². The summed E-state index contributed by atoms with van der Waals surface area (Å²) in [6.07, 6.45) is 1.33. The van der Waals surface area contributed by atoms with Gasteiger partial charge in [-0.15, -0.1) is 0 Å². The summed E-state index contributed by atoms with van der Waals surface area (Å²) in [5.41, 5.74) is 0. The molecule has 1 saturated heterocycles. The highest BCUT2D eigenvalue weighted by Crippen LogP contribution is 2.16. The molecule has 0 spiro atoms. The van der Waals surface area contributed by atoms with Gasteiger partial charge in [-0.2, -0.15) is 12.6 Å². The minimum Gasteiger partial charge on any atom is -0.379 e. The van der Waals surface area contributed by atoms with Crippen LogP contribution in [0.4, 0.5) is 0 Å². The number of amides is 2. The molecule has 1 heterocycles. The summed E-state index contributed by atoms with van der Waals surface area (Å²) in [7, 11) is 0. The van der Waals surface area contributed by atoms with E-state index in [2.05, 4.69) is 12.6 Å². The standard InChI is InChI=1S/C11H17NO5S/c13-3-1-4-16-6-7-17-5-2-12-10(14)8-9(18)11(12)15/h3,9,18H,1-2,4-8H2. The second kappa shape index (κ2) is 8.23. The molecule has 6 nitrogen and oxygen atoms in total. The number of carbonyl (C=O) groups is 3. The van der Waals surface area contributed by atoms with Gasteiger partial charge in [0.05, 0.1) is 38.2 Å². The van der Waals surface area contributed by atoms with E-state index in [0.717, 1.165) is 6.29 Å². The molecule has 0 bridgehead atoms. The Morgan fingerprint density at radius 3 is 2.44 bits per heavy atom. The van der Waals surface area contributed by atoms with Crippen molar-refractivity contribution in [2.75, 3.05) is 33.0 Å². The van der Waals surface area contributed by atoms with Crippen molar-refractivity contribution in [3.8, 4) is 0 Å². The summed E-state index contributed by atoms with van der Waals surface area (Å²) in [5, 5.41) is -0.510. The molecule has 1 fully saturated rings. The van der Waals surface area contributed by atoms with Gasteiger partial charge in [-0.05, 0) is 0 Å². The Kier molecular flexibility index (Phi) is 6.92. The van der Waals surface area contributed by atoms with Gasteiger partial charge in [0, 0.05) is 12.8 Å². The number of imide groups is 1. The summed E-state index contributed by atoms with van der Waals surface area (Å²) in [6, 6.07) is 0. The van der Waals surface area contributed by atoms with Gasteiger partial charge in [0.25, 0.3) is 0 Å². The zero-order valence-corrected chi connectivity index (χ0v) is 10.9. The summed E-state index contributed by atoms with van der Waals surface area (Å²) < 4.78 is 10.3. The van der Waals surface area contributed by atoms with Crippen molar-refractivity contribution < 1.29 is 23.9 Å². The highest BCUT2D eigenvalue weighted by Gasteiger charge is 2.35. The number of rotatable bonds is 9. The molecule has 0 aromatic heterocycles. The van der Waals surface area contributed by atoms with Crippen LogP contribution in [0.25, 0.3) is 0 Å². The zero-order valence-electron chi connectivity index (χ0n) is 10.0. The largest absolute Gasteiger partial charge is 0.379 e. The van der Waals surface area contributed by atoms with Gasteiger partial charge in [-0.25, -0.2) is 0 Å². The lowest BCUT2D eigenvalue weighted by Crippen LogP contribution is -2.34. The Morgan fingerprint density at radius 1 is 1.22 bits per heavy atom. The van der Waals surface area contributed by atoms with Gasteiger partial charge < -0.3 is 14.3 Å². The van der Waals surface area contributed by atoms with Gasteiger partial charge in [-0.1, -0.05) is 0 Å². The Hall–Kier alpha value is -0.920. The van der Waals surface area contributed by atoms with E-state index < -0.39 is 5.25 Å². The molecule has 1 aliphatic rings. The summed E-state index contributed by atoms with van der Waals surface area (Å²) in [4.78, 5) is 34.0. The highest BCUT2D eigenvalue weighted by atomic mass is 32.1. The average molecular weight is 275 g/mol. The molecule has 18 heavy (non-hydrogen) atoms. The zero-order chi connectivity index (χ0) is 13.4. The third-order valence-electron chi connectivity index (χ3n) is 2.43. The molecule has 102 valence electrons.